The predicted molar refractivity (Wildman–Crippen MR) is 95.0 cm³/mol. The molecule has 0 unspecified atom stereocenters. The zero-order valence-corrected chi connectivity index (χ0v) is 15.1. The third-order valence-corrected chi connectivity index (χ3v) is 3.36. The van der Waals surface area contributed by atoms with Gasteiger partial charge in [0.25, 0.3) is 0 Å². The Morgan fingerprint density at radius 2 is 2.00 bits per heavy atom. The molecule has 9 heteroatoms. The van der Waals surface area contributed by atoms with E-state index in [-0.39, 0.29) is 31.4 Å². The molecular weight excluding hydrogens is 326 g/mol. The van der Waals surface area contributed by atoms with Gasteiger partial charge in [-0.1, -0.05) is 12.0 Å². The summed E-state index contributed by atoms with van der Waals surface area (Å²) in [6, 6.07) is -0.522. The average molecular weight is 357 g/mol. The van der Waals surface area contributed by atoms with Crippen LogP contribution < -0.4 is 11.1 Å². The Hall–Kier alpha value is -1.67. The van der Waals surface area contributed by atoms with Crippen molar-refractivity contribution in [1.29, 1.82) is 0 Å². The summed E-state index contributed by atoms with van der Waals surface area (Å²) in [7, 11) is 0. The third-order valence-electron chi connectivity index (χ3n) is 3.36. The summed E-state index contributed by atoms with van der Waals surface area (Å²) in [5, 5.41) is 6.03. The molecule has 0 aliphatic rings. The SMILES string of the molecule is CCCOCCCC(=O)[C@H](CCCCN)NC(=O)COCCN=[N+]=[N-]. The summed E-state index contributed by atoms with van der Waals surface area (Å²) < 4.78 is 10.5. The minimum Gasteiger partial charge on any atom is -0.381 e. The number of ketones is 1. The molecule has 0 saturated heterocycles. The molecule has 144 valence electrons. The van der Waals surface area contributed by atoms with Crippen LogP contribution in [-0.4, -0.2) is 57.2 Å². The van der Waals surface area contributed by atoms with E-state index < -0.39 is 6.04 Å². The Morgan fingerprint density at radius 3 is 2.68 bits per heavy atom. The lowest BCUT2D eigenvalue weighted by Gasteiger charge is -2.18. The van der Waals surface area contributed by atoms with Gasteiger partial charge >= 0.3 is 0 Å². The van der Waals surface area contributed by atoms with Gasteiger partial charge in [0, 0.05) is 31.1 Å². The van der Waals surface area contributed by atoms with E-state index >= 15 is 0 Å². The maximum Gasteiger partial charge on any atom is 0.246 e. The van der Waals surface area contributed by atoms with Gasteiger partial charge in [0.1, 0.15) is 6.61 Å². The number of Topliss-reactive ketones (excluding diaryl/α,β-unsaturated/α-hetero) is 1. The summed E-state index contributed by atoms with van der Waals surface area (Å²) in [6.45, 7) is 3.99. The van der Waals surface area contributed by atoms with Crippen LogP contribution in [0.4, 0.5) is 0 Å². The van der Waals surface area contributed by atoms with Crippen LogP contribution in [0.15, 0.2) is 5.11 Å². The topological polar surface area (TPSA) is 139 Å². The number of carbonyl (C=O) groups excluding carboxylic acids is 2. The molecule has 0 aromatic heterocycles. The van der Waals surface area contributed by atoms with Crippen LogP contribution in [0.3, 0.4) is 0 Å². The van der Waals surface area contributed by atoms with E-state index in [2.05, 4.69) is 15.3 Å². The van der Waals surface area contributed by atoms with Crippen molar-refractivity contribution in [3.8, 4) is 0 Å². The van der Waals surface area contributed by atoms with Crippen LogP contribution >= 0.6 is 0 Å². The fourth-order valence-electron chi connectivity index (χ4n) is 2.13. The minimum atomic E-state index is -0.522. The van der Waals surface area contributed by atoms with Gasteiger partial charge in [-0.25, -0.2) is 0 Å². The summed E-state index contributed by atoms with van der Waals surface area (Å²) in [4.78, 5) is 26.8. The molecule has 3 N–H and O–H groups in total. The van der Waals surface area contributed by atoms with Crippen LogP contribution in [-0.2, 0) is 19.1 Å². The first-order chi connectivity index (χ1) is 12.2. The van der Waals surface area contributed by atoms with E-state index in [9.17, 15) is 9.59 Å². The number of nitrogens with one attached hydrogen (secondary N) is 1. The molecule has 0 aromatic carbocycles. The number of rotatable bonds is 17. The molecule has 0 spiro atoms. The van der Waals surface area contributed by atoms with Crippen LogP contribution in [0, 0.1) is 0 Å². The van der Waals surface area contributed by atoms with Crippen LogP contribution in [0.25, 0.3) is 10.4 Å². The number of nitrogens with zero attached hydrogens (tertiary/aromatic N) is 3. The average Bonchev–Trinajstić information content (AvgIpc) is 2.60. The standard InChI is InChI=1S/C16H31N5O4/c1-2-10-24-11-5-7-15(22)14(6-3-4-8-17)20-16(23)13-25-12-9-19-21-18/h14H,2-13,17H2,1H3,(H,20,23)/t14-/m0/s1. The summed E-state index contributed by atoms with van der Waals surface area (Å²) in [5.41, 5.74) is 13.6. The van der Waals surface area contributed by atoms with E-state index in [1.54, 1.807) is 0 Å². The molecule has 9 nitrogen and oxygen atoms in total. The molecule has 0 aromatic rings. The van der Waals surface area contributed by atoms with Crippen molar-refractivity contribution in [3.05, 3.63) is 10.4 Å². The van der Waals surface area contributed by atoms with Crippen molar-refractivity contribution in [2.24, 2.45) is 10.8 Å². The first-order valence-corrected chi connectivity index (χ1v) is 8.84. The van der Waals surface area contributed by atoms with Gasteiger partial charge in [-0.15, -0.1) is 0 Å². The van der Waals surface area contributed by atoms with Crippen molar-refractivity contribution < 1.29 is 19.1 Å². The Bertz CT molecular complexity index is 413. The molecule has 0 radical (unpaired) electrons. The summed E-state index contributed by atoms with van der Waals surface area (Å²) in [5.74, 6) is -0.353. The number of azide groups is 1. The number of hydrogen-bond donors (Lipinski definition) is 2. The zero-order valence-electron chi connectivity index (χ0n) is 15.1. The molecule has 25 heavy (non-hydrogen) atoms. The Morgan fingerprint density at radius 1 is 1.20 bits per heavy atom. The fourth-order valence-corrected chi connectivity index (χ4v) is 2.13. The second-order valence-electron chi connectivity index (χ2n) is 5.59. The number of nitrogens with two attached hydrogens (primary N) is 1. The van der Waals surface area contributed by atoms with E-state index in [0.717, 1.165) is 19.3 Å². The lowest BCUT2D eigenvalue weighted by atomic mass is 10.0. The number of ether oxygens (including phenoxy) is 2. The molecule has 1 atom stereocenters. The summed E-state index contributed by atoms with van der Waals surface area (Å²) >= 11 is 0. The van der Waals surface area contributed by atoms with Gasteiger partial charge in [-0.2, -0.15) is 0 Å². The van der Waals surface area contributed by atoms with Gasteiger partial charge < -0.3 is 20.5 Å². The van der Waals surface area contributed by atoms with E-state index in [0.29, 0.717) is 39.0 Å². The fraction of sp³-hybridized carbons (Fsp3) is 0.875. The molecule has 0 aliphatic heterocycles. The maximum absolute atomic E-state index is 12.3. The number of amides is 1. The second kappa shape index (κ2) is 17.2. The minimum absolute atomic E-state index is 0.000416. The molecule has 0 saturated carbocycles. The normalized spacial score (nSPS) is 11.6. The highest BCUT2D eigenvalue weighted by Gasteiger charge is 2.19. The van der Waals surface area contributed by atoms with Gasteiger partial charge in [-0.3, -0.25) is 9.59 Å². The van der Waals surface area contributed by atoms with Crippen LogP contribution in [0.1, 0.15) is 45.4 Å². The maximum atomic E-state index is 12.3. The molecule has 0 bridgehead atoms. The number of unbranched alkanes of at least 4 members (excludes halogenated alkanes) is 1. The Kier molecular flexibility index (Phi) is 16.0. The molecule has 0 rings (SSSR count). The van der Waals surface area contributed by atoms with Crippen molar-refractivity contribution in [1.82, 2.24) is 5.32 Å². The van der Waals surface area contributed by atoms with Crippen molar-refractivity contribution in [2.75, 3.05) is 39.5 Å². The monoisotopic (exact) mass is 357 g/mol. The zero-order chi connectivity index (χ0) is 18.8. The van der Waals surface area contributed by atoms with Gasteiger partial charge in [0.05, 0.1) is 12.6 Å². The number of carbonyl (C=O) groups is 2. The summed E-state index contributed by atoms with van der Waals surface area (Å²) in [6.07, 6.45) is 4.11. The molecule has 1 amide bonds. The predicted octanol–water partition coefficient (Wildman–Crippen LogP) is 1.70. The largest absolute Gasteiger partial charge is 0.381 e. The van der Waals surface area contributed by atoms with Crippen LogP contribution in [0.5, 0.6) is 0 Å². The Balaban J connectivity index is 4.22. The Labute approximate surface area is 149 Å². The third kappa shape index (κ3) is 14.4. The molecular formula is C16H31N5O4. The highest BCUT2D eigenvalue weighted by molar-refractivity contribution is 5.89. The quantitative estimate of drug-likeness (QED) is 0.176. The molecule has 0 fully saturated rings. The van der Waals surface area contributed by atoms with Crippen molar-refractivity contribution >= 4 is 11.7 Å². The smallest absolute Gasteiger partial charge is 0.246 e. The highest BCUT2D eigenvalue weighted by atomic mass is 16.5. The highest BCUT2D eigenvalue weighted by Crippen LogP contribution is 2.06. The molecule has 0 heterocycles. The van der Waals surface area contributed by atoms with Crippen molar-refractivity contribution in [3.63, 3.8) is 0 Å². The van der Waals surface area contributed by atoms with Gasteiger partial charge in [0.2, 0.25) is 5.91 Å². The lowest BCUT2D eigenvalue weighted by molar-refractivity contribution is -0.130. The van der Waals surface area contributed by atoms with E-state index in [4.69, 9.17) is 20.7 Å². The first kappa shape index (κ1) is 23.3. The van der Waals surface area contributed by atoms with Crippen molar-refractivity contribution in [2.45, 2.75) is 51.5 Å². The first-order valence-electron chi connectivity index (χ1n) is 8.84. The van der Waals surface area contributed by atoms with Gasteiger partial charge in [0.15, 0.2) is 5.78 Å². The van der Waals surface area contributed by atoms with E-state index in [1.165, 1.54) is 0 Å². The lowest BCUT2D eigenvalue weighted by Crippen LogP contribution is -2.42. The molecule has 0 aliphatic carbocycles. The van der Waals surface area contributed by atoms with Crippen LogP contribution in [0.2, 0.25) is 0 Å². The van der Waals surface area contributed by atoms with Gasteiger partial charge in [-0.05, 0) is 44.2 Å². The second-order valence-corrected chi connectivity index (χ2v) is 5.59. The van der Waals surface area contributed by atoms with E-state index in [1.807, 2.05) is 6.92 Å². The number of hydrogen-bond acceptors (Lipinski definition) is 6.